The number of anilines is 1. The van der Waals surface area contributed by atoms with Gasteiger partial charge in [0.15, 0.2) is 0 Å². The number of thiocarbonyl (C=S) groups is 1. The molecule has 0 radical (unpaired) electrons. The van der Waals surface area contributed by atoms with E-state index in [1.807, 2.05) is 37.1 Å². The normalized spacial score (nSPS) is 10.0. The maximum absolute atomic E-state index is 11.7. The van der Waals surface area contributed by atoms with Crippen LogP contribution < -0.4 is 10.6 Å². The Morgan fingerprint density at radius 3 is 2.44 bits per heavy atom. The molecule has 0 unspecified atom stereocenters. The zero-order chi connectivity index (χ0) is 13.9. The molecule has 0 heterocycles. The van der Waals surface area contributed by atoms with Crippen LogP contribution in [0.3, 0.4) is 0 Å². The van der Waals surface area contributed by atoms with E-state index in [2.05, 4.69) is 0 Å². The van der Waals surface area contributed by atoms with Crippen molar-refractivity contribution in [3.8, 4) is 0 Å². The third-order valence-corrected chi connectivity index (χ3v) is 2.98. The molecule has 0 fully saturated rings. The van der Waals surface area contributed by atoms with E-state index >= 15 is 0 Å². The highest BCUT2D eigenvalue weighted by Gasteiger charge is 2.15. The lowest BCUT2D eigenvalue weighted by molar-refractivity contribution is -0.127. The van der Waals surface area contributed by atoms with Crippen LogP contribution >= 0.6 is 12.2 Å². The minimum absolute atomic E-state index is 0.0367. The summed E-state index contributed by atoms with van der Waals surface area (Å²) in [5, 5.41) is 0. The van der Waals surface area contributed by atoms with Gasteiger partial charge < -0.3 is 15.5 Å². The fourth-order valence-corrected chi connectivity index (χ4v) is 1.95. The summed E-state index contributed by atoms with van der Waals surface area (Å²) in [6.07, 6.45) is 0. The van der Waals surface area contributed by atoms with Crippen molar-refractivity contribution in [3.63, 3.8) is 0 Å². The minimum atomic E-state index is 0.0367. The van der Waals surface area contributed by atoms with E-state index in [9.17, 15) is 4.79 Å². The summed E-state index contributed by atoms with van der Waals surface area (Å²) in [5.41, 5.74) is 8.49. The maximum Gasteiger partial charge on any atom is 0.241 e. The van der Waals surface area contributed by atoms with Crippen molar-refractivity contribution in [2.24, 2.45) is 5.73 Å². The van der Waals surface area contributed by atoms with Crippen molar-refractivity contribution in [2.45, 2.75) is 6.92 Å². The summed E-state index contributed by atoms with van der Waals surface area (Å²) in [5.74, 6) is 0.0367. The quantitative estimate of drug-likeness (QED) is 0.830. The van der Waals surface area contributed by atoms with Crippen molar-refractivity contribution >= 4 is 28.8 Å². The van der Waals surface area contributed by atoms with Gasteiger partial charge in [0, 0.05) is 26.7 Å². The van der Waals surface area contributed by atoms with Crippen molar-refractivity contribution in [1.29, 1.82) is 0 Å². The number of carbonyl (C=O) groups is 1. The smallest absolute Gasteiger partial charge is 0.241 e. The molecule has 1 aromatic rings. The molecule has 4 nitrogen and oxygen atoms in total. The third-order valence-electron chi connectivity index (χ3n) is 2.76. The van der Waals surface area contributed by atoms with E-state index in [1.54, 1.807) is 19.0 Å². The Bertz CT molecular complexity index is 471. The van der Waals surface area contributed by atoms with E-state index in [4.69, 9.17) is 18.0 Å². The lowest BCUT2D eigenvalue weighted by Gasteiger charge is -2.25. The summed E-state index contributed by atoms with van der Waals surface area (Å²) in [7, 11) is 5.34. The van der Waals surface area contributed by atoms with E-state index in [0.29, 0.717) is 11.5 Å². The Balaban J connectivity index is 3.08. The Kier molecular flexibility index (Phi) is 4.67. The second-order valence-electron chi connectivity index (χ2n) is 4.48. The first kappa shape index (κ1) is 14.4. The monoisotopic (exact) mass is 265 g/mol. The first-order valence-corrected chi connectivity index (χ1v) is 6.06. The summed E-state index contributed by atoms with van der Waals surface area (Å²) >= 11 is 5.05. The highest BCUT2D eigenvalue weighted by atomic mass is 32.1. The lowest BCUT2D eigenvalue weighted by Crippen LogP contribution is -2.35. The molecule has 0 bridgehead atoms. The number of rotatable bonds is 4. The third kappa shape index (κ3) is 3.20. The van der Waals surface area contributed by atoms with Gasteiger partial charge in [-0.05, 0) is 18.6 Å². The topological polar surface area (TPSA) is 49.6 Å². The lowest BCUT2D eigenvalue weighted by atomic mass is 10.1. The first-order chi connectivity index (χ1) is 8.34. The number of nitrogens with two attached hydrogens (primary N) is 1. The zero-order valence-corrected chi connectivity index (χ0v) is 12.0. The van der Waals surface area contributed by atoms with Gasteiger partial charge in [0.05, 0.1) is 12.2 Å². The summed E-state index contributed by atoms with van der Waals surface area (Å²) in [4.78, 5) is 15.5. The largest absolute Gasteiger partial charge is 0.389 e. The molecule has 1 amide bonds. The number of benzene rings is 1. The molecule has 5 heteroatoms. The highest BCUT2D eigenvalue weighted by Crippen LogP contribution is 2.24. The van der Waals surface area contributed by atoms with Crippen molar-refractivity contribution in [2.75, 3.05) is 32.6 Å². The number of aryl methyl sites for hydroxylation is 1. The van der Waals surface area contributed by atoms with Gasteiger partial charge in [-0.25, -0.2) is 0 Å². The SMILES string of the molecule is Cc1cccc(C(N)=S)c1N(C)CC(=O)N(C)C. The van der Waals surface area contributed by atoms with Gasteiger partial charge in [-0.15, -0.1) is 0 Å². The van der Waals surface area contributed by atoms with Crippen molar-refractivity contribution in [1.82, 2.24) is 4.90 Å². The number of amides is 1. The van der Waals surface area contributed by atoms with Crippen molar-refractivity contribution in [3.05, 3.63) is 29.3 Å². The van der Waals surface area contributed by atoms with Crippen LogP contribution in [0.1, 0.15) is 11.1 Å². The predicted octanol–water partition coefficient (Wildman–Crippen LogP) is 1.15. The average molecular weight is 265 g/mol. The Morgan fingerprint density at radius 2 is 1.94 bits per heavy atom. The molecular formula is C13H19N3OS. The van der Waals surface area contributed by atoms with Gasteiger partial charge in [0.1, 0.15) is 4.99 Å². The predicted molar refractivity (Wildman–Crippen MR) is 79.0 cm³/mol. The first-order valence-electron chi connectivity index (χ1n) is 5.65. The average Bonchev–Trinajstić information content (AvgIpc) is 2.27. The molecule has 0 saturated heterocycles. The van der Waals surface area contributed by atoms with Crippen LogP contribution in [0, 0.1) is 6.92 Å². The highest BCUT2D eigenvalue weighted by molar-refractivity contribution is 7.80. The molecule has 98 valence electrons. The summed E-state index contributed by atoms with van der Waals surface area (Å²) < 4.78 is 0. The van der Waals surface area contributed by atoms with Crippen molar-refractivity contribution < 1.29 is 4.79 Å². The number of likely N-dealkylation sites (N-methyl/N-ethyl adjacent to an activating group) is 2. The van der Waals surface area contributed by atoms with Gasteiger partial charge in [0.25, 0.3) is 0 Å². The van der Waals surface area contributed by atoms with Gasteiger partial charge >= 0.3 is 0 Å². The molecule has 0 spiro atoms. The summed E-state index contributed by atoms with van der Waals surface area (Å²) in [6, 6.07) is 5.77. The van der Waals surface area contributed by atoms with Gasteiger partial charge in [-0.1, -0.05) is 24.4 Å². The molecule has 18 heavy (non-hydrogen) atoms. The Labute approximate surface area is 113 Å². The second-order valence-corrected chi connectivity index (χ2v) is 4.92. The molecule has 0 saturated carbocycles. The second kappa shape index (κ2) is 5.82. The number of hydrogen-bond acceptors (Lipinski definition) is 3. The molecule has 0 atom stereocenters. The van der Waals surface area contributed by atoms with E-state index in [1.165, 1.54) is 0 Å². The van der Waals surface area contributed by atoms with Crippen LogP contribution in [0.4, 0.5) is 5.69 Å². The van der Waals surface area contributed by atoms with Gasteiger partial charge in [-0.2, -0.15) is 0 Å². The standard InChI is InChI=1S/C13H19N3OS/c1-9-6-5-7-10(13(14)18)12(9)16(4)8-11(17)15(2)3/h5-7H,8H2,1-4H3,(H2,14,18). The number of carbonyl (C=O) groups excluding carboxylic acids is 1. The van der Waals surface area contributed by atoms with Crippen LogP contribution in [-0.4, -0.2) is 43.5 Å². The fraction of sp³-hybridized carbons (Fsp3) is 0.385. The Morgan fingerprint density at radius 1 is 1.33 bits per heavy atom. The van der Waals surface area contributed by atoms with Crippen LogP contribution in [0.5, 0.6) is 0 Å². The molecule has 0 aromatic heterocycles. The molecule has 1 aromatic carbocycles. The van der Waals surface area contributed by atoms with Crippen LogP contribution in [0.15, 0.2) is 18.2 Å². The molecular weight excluding hydrogens is 246 g/mol. The maximum atomic E-state index is 11.7. The zero-order valence-electron chi connectivity index (χ0n) is 11.2. The minimum Gasteiger partial charge on any atom is -0.389 e. The Hall–Kier alpha value is -1.62. The van der Waals surface area contributed by atoms with Crippen LogP contribution in [0.2, 0.25) is 0 Å². The fourth-order valence-electron chi connectivity index (χ4n) is 1.79. The molecule has 0 aliphatic rings. The van der Waals surface area contributed by atoms with Gasteiger partial charge in [-0.3, -0.25) is 4.79 Å². The van der Waals surface area contributed by atoms with E-state index < -0.39 is 0 Å². The molecule has 2 N–H and O–H groups in total. The molecule has 0 aliphatic heterocycles. The van der Waals surface area contributed by atoms with E-state index in [0.717, 1.165) is 16.8 Å². The molecule has 1 rings (SSSR count). The van der Waals surface area contributed by atoms with Crippen LogP contribution in [0.25, 0.3) is 0 Å². The number of nitrogens with zero attached hydrogens (tertiary/aromatic N) is 2. The van der Waals surface area contributed by atoms with E-state index in [-0.39, 0.29) is 5.91 Å². The summed E-state index contributed by atoms with van der Waals surface area (Å²) in [6.45, 7) is 2.28. The van der Waals surface area contributed by atoms with Gasteiger partial charge in [0.2, 0.25) is 5.91 Å². The number of para-hydroxylation sites is 1. The molecule has 0 aliphatic carbocycles. The number of hydrogen-bond donors (Lipinski definition) is 1. The van der Waals surface area contributed by atoms with Crippen LogP contribution in [-0.2, 0) is 4.79 Å².